The molecule has 0 spiro atoms. The minimum absolute atomic E-state index is 0.156. The van der Waals surface area contributed by atoms with Gasteiger partial charge >= 0.3 is 0 Å². The van der Waals surface area contributed by atoms with Gasteiger partial charge in [-0.05, 0) is 35.9 Å². The van der Waals surface area contributed by atoms with Crippen LogP contribution < -0.4 is 10.9 Å². The topological polar surface area (TPSA) is 67.2 Å². The predicted octanol–water partition coefficient (Wildman–Crippen LogP) is 2.92. The smallest absolute Gasteiger partial charge is 0.263 e. The van der Waals surface area contributed by atoms with Crippen LogP contribution in [-0.4, -0.2) is 33.4 Å². The van der Waals surface area contributed by atoms with Gasteiger partial charge in [0.25, 0.3) is 11.5 Å². The maximum atomic E-state index is 13.1. The molecule has 6 nitrogen and oxygen atoms in total. The van der Waals surface area contributed by atoms with Crippen molar-refractivity contribution in [2.45, 2.75) is 32.0 Å². The highest BCUT2D eigenvalue weighted by Gasteiger charge is 2.35. The Morgan fingerprint density at radius 3 is 2.90 bits per heavy atom. The summed E-state index contributed by atoms with van der Waals surface area (Å²) in [7, 11) is 0. The summed E-state index contributed by atoms with van der Waals surface area (Å²) in [6.45, 7) is 3.99. The number of fused-ring (bicyclic) bond motifs is 4. The Balaban J connectivity index is 1.34. The summed E-state index contributed by atoms with van der Waals surface area (Å²) in [6.07, 6.45) is 3.05. The first-order valence-electron chi connectivity index (χ1n) is 9.81. The molecule has 3 aromatic heterocycles. The van der Waals surface area contributed by atoms with Crippen LogP contribution in [0.3, 0.4) is 0 Å². The molecule has 2 bridgehead atoms. The number of piperidine rings is 1. The third kappa shape index (κ3) is 3.80. The third-order valence-corrected chi connectivity index (χ3v) is 7.43. The van der Waals surface area contributed by atoms with Crippen LogP contribution in [-0.2, 0) is 19.6 Å². The normalized spacial score (nSPS) is 21.0. The van der Waals surface area contributed by atoms with Gasteiger partial charge in [0.15, 0.2) is 0 Å². The Hall–Kier alpha value is -2.29. The summed E-state index contributed by atoms with van der Waals surface area (Å²) in [4.78, 5) is 34.7. The van der Waals surface area contributed by atoms with Crippen molar-refractivity contribution in [3.63, 3.8) is 0 Å². The van der Waals surface area contributed by atoms with Crippen molar-refractivity contribution in [3.8, 4) is 0 Å². The molecule has 5 heterocycles. The first-order chi connectivity index (χ1) is 14.2. The standard InChI is InChI=1S/C21H22N4O2S2/c26-20(23-8-16-2-1-5-28-16)18-3-4-19-15-6-14(10-25(19)21(18)27)9-24(11-15)12-17-7-22-13-29-17/h1-5,7,13-15H,6,8-12H2,(H,23,26)/t14-,15+/m0/s1. The molecule has 8 heteroatoms. The van der Waals surface area contributed by atoms with Crippen molar-refractivity contribution < 1.29 is 4.79 Å². The molecular formula is C21H22N4O2S2. The molecule has 2 aliphatic heterocycles. The van der Waals surface area contributed by atoms with E-state index in [1.54, 1.807) is 28.7 Å². The lowest BCUT2D eigenvalue weighted by Gasteiger charge is -2.42. The molecule has 0 aromatic carbocycles. The van der Waals surface area contributed by atoms with E-state index >= 15 is 0 Å². The summed E-state index contributed by atoms with van der Waals surface area (Å²) in [6, 6.07) is 7.62. The van der Waals surface area contributed by atoms with Gasteiger partial charge in [-0.3, -0.25) is 19.5 Å². The lowest BCUT2D eigenvalue weighted by atomic mass is 9.83. The monoisotopic (exact) mass is 426 g/mol. The molecule has 1 N–H and O–H groups in total. The zero-order chi connectivity index (χ0) is 19.8. The van der Waals surface area contributed by atoms with Crippen LogP contribution in [0.1, 0.15) is 38.1 Å². The predicted molar refractivity (Wildman–Crippen MR) is 114 cm³/mol. The van der Waals surface area contributed by atoms with Crippen molar-refractivity contribution in [2.75, 3.05) is 13.1 Å². The number of thiazole rings is 1. The highest BCUT2D eigenvalue weighted by atomic mass is 32.1. The lowest BCUT2D eigenvalue weighted by Crippen LogP contribution is -2.47. The number of nitrogens with one attached hydrogen (secondary N) is 1. The number of hydrogen-bond acceptors (Lipinski definition) is 6. The van der Waals surface area contributed by atoms with Crippen molar-refractivity contribution >= 4 is 28.6 Å². The van der Waals surface area contributed by atoms with Gasteiger partial charge in [-0.1, -0.05) is 6.07 Å². The molecule has 0 aliphatic carbocycles. The van der Waals surface area contributed by atoms with E-state index in [2.05, 4.69) is 15.2 Å². The molecule has 150 valence electrons. The van der Waals surface area contributed by atoms with Crippen LogP contribution in [0.25, 0.3) is 0 Å². The maximum absolute atomic E-state index is 13.1. The Morgan fingerprint density at radius 2 is 2.10 bits per heavy atom. The number of thiophene rings is 1. The van der Waals surface area contributed by atoms with Gasteiger partial charge in [0.2, 0.25) is 0 Å². The molecule has 0 saturated carbocycles. The summed E-state index contributed by atoms with van der Waals surface area (Å²) in [5.41, 5.74) is 3.03. The molecule has 3 aromatic rings. The van der Waals surface area contributed by atoms with Crippen LogP contribution in [0.15, 0.2) is 46.1 Å². The molecule has 29 heavy (non-hydrogen) atoms. The summed E-state index contributed by atoms with van der Waals surface area (Å²) >= 11 is 3.28. The summed E-state index contributed by atoms with van der Waals surface area (Å²) in [5, 5.41) is 4.85. The zero-order valence-electron chi connectivity index (χ0n) is 15.9. The number of carbonyl (C=O) groups excluding carboxylic acids is 1. The van der Waals surface area contributed by atoms with E-state index in [0.29, 0.717) is 24.9 Å². The van der Waals surface area contributed by atoms with E-state index in [1.165, 1.54) is 4.88 Å². The second-order valence-corrected chi connectivity index (χ2v) is 9.81. The molecule has 1 saturated heterocycles. The Kier molecular flexibility index (Phi) is 5.07. The first kappa shape index (κ1) is 18.7. The molecule has 1 fully saturated rings. The number of aromatic nitrogens is 2. The third-order valence-electron chi connectivity index (χ3n) is 5.79. The number of amides is 1. The highest BCUT2D eigenvalue weighted by molar-refractivity contribution is 7.10. The SMILES string of the molecule is O=C(NCc1cccs1)c1ccc2n(c1=O)C[C@H]1C[C@@H]2CN(Cc2cncs2)C1. The van der Waals surface area contributed by atoms with Gasteiger partial charge in [-0.15, -0.1) is 22.7 Å². The van der Waals surface area contributed by atoms with Gasteiger partial charge in [-0.25, -0.2) is 0 Å². The van der Waals surface area contributed by atoms with Gasteiger partial charge in [0.05, 0.1) is 12.1 Å². The van der Waals surface area contributed by atoms with Crippen molar-refractivity contribution in [1.82, 2.24) is 19.8 Å². The minimum atomic E-state index is -0.291. The zero-order valence-corrected chi connectivity index (χ0v) is 17.5. The van der Waals surface area contributed by atoms with Crippen molar-refractivity contribution in [1.29, 1.82) is 0 Å². The number of nitrogens with zero attached hydrogens (tertiary/aromatic N) is 3. The van der Waals surface area contributed by atoms with E-state index < -0.39 is 0 Å². The van der Waals surface area contributed by atoms with E-state index in [1.807, 2.05) is 39.9 Å². The number of likely N-dealkylation sites (tertiary alicyclic amines) is 1. The number of hydrogen-bond donors (Lipinski definition) is 1. The molecule has 0 radical (unpaired) electrons. The average Bonchev–Trinajstić information content (AvgIpc) is 3.41. The summed E-state index contributed by atoms with van der Waals surface area (Å²) in [5.74, 6) is 0.490. The van der Waals surface area contributed by atoms with E-state index in [0.717, 1.165) is 36.6 Å². The van der Waals surface area contributed by atoms with Gasteiger partial charge in [0.1, 0.15) is 5.56 Å². The fourth-order valence-corrected chi connectivity index (χ4v) is 5.84. The Morgan fingerprint density at radius 1 is 1.17 bits per heavy atom. The maximum Gasteiger partial charge on any atom is 0.263 e. The van der Waals surface area contributed by atoms with Crippen LogP contribution in [0.2, 0.25) is 0 Å². The lowest BCUT2D eigenvalue weighted by molar-refractivity contribution is 0.0944. The van der Waals surface area contributed by atoms with E-state index in [9.17, 15) is 9.59 Å². The van der Waals surface area contributed by atoms with Crippen LogP contribution in [0.5, 0.6) is 0 Å². The highest BCUT2D eigenvalue weighted by Crippen LogP contribution is 2.35. The first-order valence-corrected chi connectivity index (χ1v) is 11.6. The average molecular weight is 427 g/mol. The largest absolute Gasteiger partial charge is 0.347 e. The van der Waals surface area contributed by atoms with Gasteiger partial charge < -0.3 is 9.88 Å². The Labute approximate surface area is 176 Å². The number of pyridine rings is 1. The fraction of sp³-hybridized carbons (Fsp3) is 0.381. The Bertz CT molecular complexity index is 1060. The van der Waals surface area contributed by atoms with Gasteiger partial charge in [0, 0.05) is 53.7 Å². The second kappa shape index (κ2) is 7.85. The van der Waals surface area contributed by atoms with Gasteiger partial charge in [-0.2, -0.15) is 0 Å². The molecule has 2 atom stereocenters. The van der Waals surface area contributed by atoms with Crippen LogP contribution in [0, 0.1) is 5.92 Å². The molecule has 2 aliphatic rings. The molecule has 1 amide bonds. The van der Waals surface area contributed by atoms with Crippen molar-refractivity contribution in [3.05, 3.63) is 72.7 Å². The quantitative estimate of drug-likeness (QED) is 0.681. The fourth-order valence-electron chi connectivity index (χ4n) is 4.56. The molecule has 0 unspecified atom stereocenters. The van der Waals surface area contributed by atoms with Crippen LogP contribution >= 0.6 is 22.7 Å². The number of carbonyl (C=O) groups is 1. The summed E-state index contributed by atoms with van der Waals surface area (Å²) < 4.78 is 1.85. The van der Waals surface area contributed by atoms with Crippen LogP contribution in [0.4, 0.5) is 0 Å². The molecular weight excluding hydrogens is 404 g/mol. The number of rotatable bonds is 5. The second-order valence-electron chi connectivity index (χ2n) is 7.81. The minimum Gasteiger partial charge on any atom is -0.347 e. The van der Waals surface area contributed by atoms with E-state index in [4.69, 9.17) is 0 Å². The van der Waals surface area contributed by atoms with E-state index in [-0.39, 0.29) is 17.0 Å². The molecule has 5 rings (SSSR count). The van der Waals surface area contributed by atoms with Crippen molar-refractivity contribution in [2.24, 2.45) is 5.92 Å².